The second kappa shape index (κ2) is 10.7. The number of hydrogen-bond donors (Lipinski definition) is 1. The Hall–Kier alpha value is -1.60. The van der Waals surface area contributed by atoms with E-state index in [0.717, 1.165) is 9.13 Å². The van der Waals surface area contributed by atoms with Crippen molar-refractivity contribution < 1.29 is 14.3 Å². The molecule has 0 aromatic heterocycles. The summed E-state index contributed by atoms with van der Waals surface area (Å²) in [5, 5.41) is 3.50. The molecule has 2 aromatic carbocycles. The summed E-state index contributed by atoms with van der Waals surface area (Å²) < 4.78 is 6.85. The van der Waals surface area contributed by atoms with Crippen LogP contribution in [0.3, 0.4) is 0 Å². The average Bonchev–Trinajstić information content (AvgIpc) is 2.62. The van der Waals surface area contributed by atoms with Crippen molar-refractivity contribution in [2.75, 3.05) is 0 Å². The third kappa shape index (κ3) is 7.89. The molecule has 0 unspecified atom stereocenters. The van der Waals surface area contributed by atoms with Crippen LogP contribution in [0, 0.1) is 3.57 Å². The van der Waals surface area contributed by atoms with Crippen molar-refractivity contribution in [3.63, 3.8) is 0 Å². The molecule has 0 radical (unpaired) electrons. The van der Waals surface area contributed by atoms with Gasteiger partial charge in [0.2, 0.25) is 5.91 Å². The largest absolute Gasteiger partial charge is 0.456 e. The number of carbonyl (C=O) groups is 2. The van der Waals surface area contributed by atoms with Crippen molar-refractivity contribution in [3.8, 4) is 11.5 Å². The zero-order valence-electron chi connectivity index (χ0n) is 15.4. The van der Waals surface area contributed by atoms with Crippen LogP contribution in [0.4, 0.5) is 0 Å². The predicted octanol–water partition coefficient (Wildman–Crippen LogP) is 5.54. The van der Waals surface area contributed by atoms with Gasteiger partial charge in [-0.2, -0.15) is 0 Å². The predicted molar refractivity (Wildman–Crippen MR) is 117 cm³/mol. The Bertz CT molecular complexity index is 793. The van der Waals surface area contributed by atoms with E-state index in [-0.39, 0.29) is 17.7 Å². The Balaban J connectivity index is 1.81. The highest BCUT2D eigenvalue weighted by Gasteiger charge is 2.09. The molecule has 2 aromatic rings. The summed E-state index contributed by atoms with van der Waals surface area (Å²) in [6, 6.07) is 13.3. The second-order valence-corrected chi connectivity index (χ2v) is 8.18. The van der Waals surface area contributed by atoms with E-state index in [9.17, 15) is 9.59 Å². The topological polar surface area (TPSA) is 55.4 Å². The number of ketones is 1. The van der Waals surface area contributed by atoms with Gasteiger partial charge < -0.3 is 14.8 Å². The maximum Gasteiger partial charge on any atom is 0.220 e. The van der Waals surface area contributed by atoms with E-state index >= 15 is 0 Å². The Morgan fingerprint density at radius 2 is 1.85 bits per heavy atom. The van der Waals surface area contributed by atoms with Gasteiger partial charge in [0.15, 0.2) is 0 Å². The molecule has 0 heterocycles. The van der Waals surface area contributed by atoms with E-state index < -0.39 is 0 Å². The number of hydrogen-bond acceptors (Lipinski definition) is 3. The number of aryl methyl sites for hydroxylation is 1. The quantitative estimate of drug-likeness (QED) is 0.461. The molecule has 2 rings (SSSR count). The molecule has 4 nitrogen and oxygen atoms in total. The Morgan fingerprint density at radius 1 is 1.15 bits per heavy atom. The molecule has 144 valence electrons. The van der Waals surface area contributed by atoms with Crippen molar-refractivity contribution in [2.45, 2.75) is 45.6 Å². The lowest BCUT2D eigenvalue weighted by Gasteiger charge is -2.13. The molecule has 0 saturated carbocycles. The summed E-state index contributed by atoms with van der Waals surface area (Å²) in [4.78, 5) is 23.0. The third-order valence-electron chi connectivity index (χ3n) is 4.02. The van der Waals surface area contributed by atoms with Crippen molar-refractivity contribution in [3.05, 3.63) is 56.6 Å². The van der Waals surface area contributed by atoms with Crippen LogP contribution in [0.15, 0.2) is 42.5 Å². The lowest BCUT2D eigenvalue weighted by molar-refractivity contribution is -0.122. The lowest BCUT2D eigenvalue weighted by Crippen LogP contribution is -2.32. The summed E-state index contributed by atoms with van der Waals surface area (Å²) in [7, 11) is 0. The van der Waals surface area contributed by atoms with E-state index in [1.54, 1.807) is 6.92 Å². The Kier molecular flexibility index (Phi) is 8.57. The molecule has 1 amide bonds. The number of ether oxygens (including phenoxy) is 1. The highest BCUT2D eigenvalue weighted by atomic mass is 127. The van der Waals surface area contributed by atoms with Gasteiger partial charge in [-0.3, -0.25) is 4.79 Å². The minimum atomic E-state index is -0.00273. The number of rotatable bonds is 9. The van der Waals surface area contributed by atoms with Gasteiger partial charge in [0, 0.05) is 22.5 Å². The molecular weight excluding hydrogens is 477 g/mol. The van der Waals surface area contributed by atoms with Crippen molar-refractivity contribution in [1.82, 2.24) is 5.32 Å². The molecule has 0 aliphatic heterocycles. The summed E-state index contributed by atoms with van der Waals surface area (Å²) in [5.41, 5.74) is 1.06. The van der Waals surface area contributed by atoms with Crippen LogP contribution in [-0.2, 0) is 16.0 Å². The molecule has 0 spiro atoms. The normalized spacial score (nSPS) is 11.7. The zero-order valence-corrected chi connectivity index (χ0v) is 18.3. The minimum Gasteiger partial charge on any atom is -0.456 e. The lowest BCUT2D eigenvalue weighted by atomic mass is 10.1. The van der Waals surface area contributed by atoms with Gasteiger partial charge in [0.05, 0.1) is 5.02 Å². The first-order valence-corrected chi connectivity index (χ1v) is 10.3. The first-order valence-electron chi connectivity index (χ1n) is 8.84. The molecule has 0 bridgehead atoms. The third-order valence-corrected chi connectivity index (χ3v) is 4.99. The summed E-state index contributed by atoms with van der Waals surface area (Å²) in [5.74, 6) is 1.45. The minimum absolute atomic E-state index is 0.00273. The van der Waals surface area contributed by atoms with E-state index in [1.165, 1.54) is 0 Å². The summed E-state index contributed by atoms with van der Waals surface area (Å²) in [6.07, 6.45) is 2.23. The zero-order chi connectivity index (χ0) is 19.8. The van der Waals surface area contributed by atoms with Crippen LogP contribution in [0.2, 0.25) is 5.02 Å². The van der Waals surface area contributed by atoms with Gasteiger partial charge in [-0.1, -0.05) is 23.7 Å². The molecule has 1 N–H and O–H groups in total. The molecule has 1 atom stereocenters. The number of nitrogens with one attached hydrogen (secondary N) is 1. The van der Waals surface area contributed by atoms with Gasteiger partial charge >= 0.3 is 0 Å². The van der Waals surface area contributed by atoms with Crippen molar-refractivity contribution in [1.29, 1.82) is 0 Å². The fourth-order valence-electron chi connectivity index (χ4n) is 2.51. The smallest absolute Gasteiger partial charge is 0.220 e. The van der Waals surface area contributed by atoms with Gasteiger partial charge in [-0.25, -0.2) is 0 Å². The van der Waals surface area contributed by atoms with E-state index in [4.69, 9.17) is 16.3 Å². The van der Waals surface area contributed by atoms with E-state index in [1.807, 2.05) is 49.4 Å². The Morgan fingerprint density at radius 3 is 2.48 bits per heavy atom. The fraction of sp³-hybridized carbons (Fsp3) is 0.333. The molecule has 6 heteroatoms. The second-order valence-electron chi connectivity index (χ2n) is 6.53. The van der Waals surface area contributed by atoms with Crippen LogP contribution in [0.5, 0.6) is 11.5 Å². The van der Waals surface area contributed by atoms with Crippen LogP contribution in [-0.4, -0.2) is 17.7 Å². The Labute approximate surface area is 178 Å². The monoisotopic (exact) mass is 499 g/mol. The van der Waals surface area contributed by atoms with E-state index in [0.29, 0.717) is 42.2 Å². The standard InChI is InChI=1S/C21H23ClINO3/c1-14(3-4-15(2)25)24-21(26)12-7-16-5-9-18(10-6-16)27-20-11-8-17(23)13-19(20)22/h5-6,8-11,13-14H,3-4,7,12H2,1-2H3,(H,24,26)/t14-/m1/s1. The molecule has 0 aliphatic rings. The van der Waals surface area contributed by atoms with Crippen LogP contribution < -0.4 is 10.1 Å². The maximum absolute atomic E-state index is 12.0. The van der Waals surface area contributed by atoms with Gasteiger partial charge in [-0.05, 0) is 85.2 Å². The highest BCUT2D eigenvalue weighted by molar-refractivity contribution is 14.1. The van der Waals surface area contributed by atoms with Crippen LogP contribution >= 0.6 is 34.2 Å². The molecule has 0 saturated heterocycles. The first-order chi connectivity index (χ1) is 12.8. The van der Waals surface area contributed by atoms with Crippen molar-refractivity contribution >= 4 is 45.9 Å². The SMILES string of the molecule is CC(=O)CC[C@@H](C)NC(=O)CCc1ccc(Oc2ccc(I)cc2Cl)cc1. The molecule has 27 heavy (non-hydrogen) atoms. The molecule has 0 aliphatic carbocycles. The maximum atomic E-state index is 12.0. The number of halogens is 2. The number of benzene rings is 2. The van der Waals surface area contributed by atoms with E-state index in [2.05, 4.69) is 27.9 Å². The highest BCUT2D eigenvalue weighted by Crippen LogP contribution is 2.30. The molecule has 0 fully saturated rings. The number of carbonyl (C=O) groups excluding carboxylic acids is 2. The number of Topliss-reactive ketones (excluding diaryl/α,β-unsaturated/α-hetero) is 1. The van der Waals surface area contributed by atoms with Gasteiger partial charge in [-0.15, -0.1) is 0 Å². The fourth-order valence-corrected chi connectivity index (χ4v) is 3.40. The van der Waals surface area contributed by atoms with Gasteiger partial charge in [0.1, 0.15) is 17.3 Å². The summed E-state index contributed by atoms with van der Waals surface area (Å²) in [6.45, 7) is 3.48. The van der Waals surface area contributed by atoms with Crippen LogP contribution in [0.1, 0.15) is 38.7 Å². The van der Waals surface area contributed by atoms with Crippen LogP contribution in [0.25, 0.3) is 0 Å². The number of amides is 1. The van der Waals surface area contributed by atoms with Gasteiger partial charge in [0.25, 0.3) is 0 Å². The summed E-state index contributed by atoms with van der Waals surface area (Å²) >= 11 is 8.38. The average molecular weight is 500 g/mol. The van der Waals surface area contributed by atoms with Crippen molar-refractivity contribution in [2.24, 2.45) is 0 Å². The first kappa shape index (κ1) is 21.7. The molecular formula is C21H23ClINO3.